The summed E-state index contributed by atoms with van der Waals surface area (Å²) < 4.78 is 1.18. The van der Waals surface area contributed by atoms with E-state index < -0.39 is 0 Å². The number of hydrogen-bond donors (Lipinski definition) is 1. The molecule has 0 spiro atoms. The highest BCUT2D eigenvalue weighted by Crippen LogP contribution is 2.32. The average molecular weight is 358 g/mol. The summed E-state index contributed by atoms with van der Waals surface area (Å²) in [5.74, 6) is 0. The Morgan fingerprint density at radius 3 is 2.75 bits per heavy atom. The number of hydrogen-bond acceptors (Lipinski definition) is 4. The first-order valence-corrected chi connectivity index (χ1v) is 9.37. The fourth-order valence-electron chi connectivity index (χ4n) is 3.58. The molecule has 2 N–H and O–H groups in total. The summed E-state index contributed by atoms with van der Waals surface area (Å²) in [6.45, 7) is 5.71. The third-order valence-corrected chi connectivity index (χ3v) is 6.48. The lowest BCUT2D eigenvalue weighted by Crippen LogP contribution is -2.41. The third kappa shape index (κ3) is 3.28. The summed E-state index contributed by atoms with van der Waals surface area (Å²) in [5.41, 5.74) is 6.05. The van der Waals surface area contributed by atoms with Gasteiger partial charge in [-0.1, -0.05) is 6.42 Å². The largest absolute Gasteiger partial charge is 0.329 e. The number of rotatable bonds is 4. The van der Waals surface area contributed by atoms with E-state index in [0.29, 0.717) is 6.04 Å². The quantitative estimate of drug-likeness (QED) is 0.898. The van der Waals surface area contributed by atoms with Gasteiger partial charge in [0.05, 0.1) is 6.04 Å². The number of nitrogens with zero attached hydrogens (tertiary/aromatic N) is 2. The number of piperidine rings is 1. The summed E-state index contributed by atoms with van der Waals surface area (Å²) >= 11 is 5.38. The van der Waals surface area contributed by atoms with Crippen molar-refractivity contribution in [2.24, 2.45) is 5.73 Å². The summed E-state index contributed by atoms with van der Waals surface area (Å²) in [5, 5.41) is 2.16. The lowest BCUT2D eigenvalue weighted by atomic mass is 10.1. The number of thiophene rings is 1. The van der Waals surface area contributed by atoms with Crippen molar-refractivity contribution in [2.75, 3.05) is 32.7 Å². The topological polar surface area (TPSA) is 32.5 Å². The molecular formula is C15H24BrN3S. The van der Waals surface area contributed by atoms with Crippen LogP contribution in [0.3, 0.4) is 0 Å². The van der Waals surface area contributed by atoms with Crippen LogP contribution in [0.1, 0.15) is 36.6 Å². The number of halogens is 1. The van der Waals surface area contributed by atoms with Crippen molar-refractivity contribution in [2.45, 2.75) is 37.8 Å². The highest BCUT2D eigenvalue weighted by atomic mass is 79.9. The van der Waals surface area contributed by atoms with Gasteiger partial charge >= 0.3 is 0 Å². The Kier molecular flexibility index (Phi) is 5.15. The molecule has 3 rings (SSSR count). The van der Waals surface area contributed by atoms with Crippen molar-refractivity contribution in [1.82, 2.24) is 9.80 Å². The maximum absolute atomic E-state index is 6.05. The lowest BCUT2D eigenvalue weighted by Gasteiger charge is -2.33. The Bertz CT molecular complexity index is 431. The van der Waals surface area contributed by atoms with E-state index in [0.717, 1.165) is 12.6 Å². The molecule has 3 heterocycles. The van der Waals surface area contributed by atoms with Gasteiger partial charge in [0.2, 0.25) is 0 Å². The Balaban J connectivity index is 1.62. The minimum Gasteiger partial charge on any atom is -0.329 e. The van der Waals surface area contributed by atoms with Gasteiger partial charge in [0.15, 0.2) is 0 Å². The summed E-state index contributed by atoms with van der Waals surface area (Å²) in [7, 11) is 0. The second-order valence-corrected chi connectivity index (χ2v) is 7.81. The van der Waals surface area contributed by atoms with Gasteiger partial charge < -0.3 is 5.73 Å². The second kappa shape index (κ2) is 6.88. The highest BCUT2D eigenvalue weighted by Gasteiger charge is 2.32. The minimum atomic E-state index is 0.404. The summed E-state index contributed by atoms with van der Waals surface area (Å²) in [6, 6.07) is 3.39. The molecule has 0 bridgehead atoms. The zero-order valence-electron chi connectivity index (χ0n) is 11.9. The summed E-state index contributed by atoms with van der Waals surface area (Å²) in [6.07, 6.45) is 5.49. The predicted octanol–water partition coefficient (Wildman–Crippen LogP) is 3.07. The first kappa shape index (κ1) is 15.0. The molecule has 1 aromatic rings. The van der Waals surface area contributed by atoms with Crippen molar-refractivity contribution in [3.05, 3.63) is 20.8 Å². The van der Waals surface area contributed by atoms with Crippen LogP contribution in [-0.4, -0.2) is 48.6 Å². The van der Waals surface area contributed by atoms with Gasteiger partial charge in [-0.05, 0) is 54.3 Å². The Labute approximate surface area is 134 Å². The molecule has 2 unspecified atom stereocenters. The molecule has 0 aliphatic carbocycles. The van der Waals surface area contributed by atoms with Crippen molar-refractivity contribution in [3.63, 3.8) is 0 Å². The van der Waals surface area contributed by atoms with Crippen LogP contribution in [0.2, 0.25) is 0 Å². The zero-order chi connectivity index (χ0) is 13.9. The van der Waals surface area contributed by atoms with Crippen LogP contribution in [0, 0.1) is 0 Å². The molecule has 2 aliphatic rings. The van der Waals surface area contributed by atoms with Crippen molar-refractivity contribution < 1.29 is 0 Å². The van der Waals surface area contributed by atoms with Gasteiger partial charge in [-0.25, -0.2) is 0 Å². The molecule has 2 fully saturated rings. The van der Waals surface area contributed by atoms with E-state index in [2.05, 4.69) is 37.2 Å². The van der Waals surface area contributed by atoms with Gasteiger partial charge in [-0.2, -0.15) is 0 Å². The van der Waals surface area contributed by atoms with E-state index in [1.165, 1.54) is 61.2 Å². The molecule has 0 radical (unpaired) electrons. The number of nitrogens with two attached hydrogens (primary N) is 1. The summed E-state index contributed by atoms with van der Waals surface area (Å²) in [4.78, 5) is 6.71. The van der Waals surface area contributed by atoms with Crippen LogP contribution in [0.15, 0.2) is 15.9 Å². The van der Waals surface area contributed by atoms with Crippen molar-refractivity contribution in [1.29, 1.82) is 0 Å². The molecule has 2 aliphatic heterocycles. The molecule has 1 aromatic heterocycles. The molecule has 3 nitrogen and oxygen atoms in total. The van der Waals surface area contributed by atoms with E-state index in [-0.39, 0.29) is 0 Å². The van der Waals surface area contributed by atoms with Crippen molar-refractivity contribution in [3.8, 4) is 0 Å². The Morgan fingerprint density at radius 2 is 2.10 bits per heavy atom. The molecule has 20 heavy (non-hydrogen) atoms. The van der Waals surface area contributed by atoms with Gasteiger partial charge in [0.1, 0.15) is 0 Å². The van der Waals surface area contributed by atoms with Crippen LogP contribution in [0.5, 0.6) is 0 Å². The monoisotopic (exact) mass is 357 g/mol. The smallest absolute Gasteiger partial charge is 0.0565 e. The molecule has 0 aromatic carbocycles. The first-order valence-electron chi connectivity index (χ1n) is 7.70. The minimum absolute atomic E-state index is 0.404. The van der Waals surface area contributed by atoms with Crippen LogP contribution in [0.4, 0.5) is 0 Å². The number of likely N-dealkylation sites (tertiary alicyclic amines) is 2. The Morgan fingerprint density at radius 1 is 1.30 bits per heavy atom. The standard InChI is InChI=1S/C15H24BrN3S/c16-12-8-15(20-11-12)14(9-17)19-7-4-13(10-19)18-5-2-1-3-6-18/h8,11,13-14H,1-7,9-10,17H2. The van der Waals surface area contributed by atoms with Crippen molar-refractivity contribution >= 4 is 27.3 Å². The van der Waals surface area contributed by atoms with Crippen LogP contribution in [0.25, 0.3) is 0 Å². The second-order valence-electron chi connectivity index (χ2n) is 5.95. The maximum Gasteiger partial charge on any atom is 0.0565 e. The maximum atomic E-state index is 6.05. The van der Waals surface area contributed by atoms with Gasteiger partial charge in [0.25, 0.3) is 0 Å². The SMILES string of the molecule is NCC(c1cc(Br)cs1)N1CCC(N2CCCCC2)C1. The van der Waals surface area contributed by atoms with E-state index in [1.807, 2.05) is 11.3 Å². The molecule has 112 valence electrons. The fraction of sp³-hybridized carbons (Fsp3) is 0.733. The van der Waals surface area contributed by atoms with Gasteiger partial charge in [-0.3, -0.25) is 9.80 Å². The van der Waals surface area contributed by atoms with Gasteiger partial charge in [-0.15, -0.1) is 11.3 Å². The van der Waals surface area contributed by atoms with E-state index in [1.54, 1.807) is 0 Å². The molecule has 0 saturated carbocycles. The fourth-order valence-corrected chi connectivity index (χ4v) is 5.17. The molecule has 5 heteroatoms. The third-order valence-electron chi connectivity index (χ3n) is 4.68. The van der Waals surface area contributed by atoms with E-state index >= 15 is 0 Å². The zero-order valence-corrected chi connectivity index (χ0v) is 14.3. The predicted molar refractivity (Wildman–Crippen MR) is 89.2 cm³/mol. The van der Waals surface area contributed by atoms with Crippen LogP contribution in [-0.2, 0) is 0 Å². The van der Waals surface area contributed by atoms with Crippen LogP contribution < -0.4 is 5.73 Å². The van der Waals surface area contributed by atoms with E-state index in [4.69, 9.17) is 5.73 Å². The van der Waals surface area contributed by atoms with Crippen LogP contribution >= 0.6 is 27.3 Å². The molecular weight excluding hydrogens is 334 g/mol. The molecule has 0 amide bonds. The normalized spacial score (nSPS) is 27.0. The lowest BCUT2D eigenvalue weighted by molar-refractivity contribution is 0.153. The van der Waals surface area contributed by atoms with Gasteiger partial charge in [0, 0.05) is 40.4 Å². The average Bonchev–Trinajstić information content (AvgIpc) is 3.11. The Hall–Kier alpha value is 0.0600. The molecule has 2 saturated heterocycles. The first-order chi connectivity index (χ1) is 9.78. The van der Waals surface area contributed by atoms with E-state index in [9.17, 15) is 0 Å². The highest BCUT2D eigenvalue weighted by molar-refractivity contribution is 9.10. The molecule has 2 atom stereocenters.